The van der Waals surface area contributed by atoms with Crippen molar-refractivity contribution in [1.29, 1.82) is 0 Å². The summed E-state index contributed by atoms with van der Waals surface area (Å²) in [6.45, 7) is 69.8. The van der Waals surface area contributed by atoms with Gasteiger partial charge in [-0.3, -0.25) is 0 Å². The number of fused-ring (bicyclic) bond motifs is 23. The van der Waals surface area contributed by atoms with Gasteiger partial charge < -0.3 is 13.3 Å². The molecule has 0 radical (unpaired) electrons. The van der Waals surface area contributed by atoms with E-state index in [0.717, 1.165) is 22.1 Å². The van der Waals surface area contributed by atoms with E-state index in [0.29, 0.717) is 0 Å². The van der Waals surface area contributed by atoms with Gasteiger partial charge in [-0.1, -0.05) is 71.7 Å². The summed E-state index contributed by atoms with van der Waals surface area (Å²) in [7, 11) is 0. The number of rotatable bonds is 0. The minimum absolute atomic E-state index is 0.393. The zero-order chi connectivity index (χ0) is 79.6. The molecule has 12 aromatic rings. The van der Waals surface area contributed by atoms with Gasteiger partial charge in [0.15, 0.2) is 0 Å². The van der Waals surface area contributed by atoms with Crippen molar-refractivity contribution < 1.29 is 13.3 Å². The molecule has 0 N–H and O–H groups in total. The number of hydrogen-bond donors (Lipinski definition) is 0. The molecular formula is C105H108O3S3. The lowest BCUT2D eigenvalue weighted by Crippen LogP contribution is -2.34. The van der Waals surface area contributed by atoms with E-state index < -0.39 is 16.2 Å². The summed E-state index contributed by atoms with van der Waals surface area (Å²) >= 11 is 5.44. The van der Waals surface area contributed by atoms with Crippen LogP contribution in [0.2, 0.25) is 0 Å². The maximum absolute atomic E-state index is 6.13. The third kappa shape index (κ3) is 10.1. The Kier molecular flexibility index (Phi) is 18.2. The Morgan fingerprint density at radius 2 is 0.523 bits per heavy atom. The molecule has 6 heteroatoms. The Morgan fingerprint density at radius 3 is 0.901 bits per heavy atom. The molecule has 3 spiro atoms. The van der Waals surface area contributed by atoms with E-state index in [-0.39, 0.29) is 0 Å². The van der Waals surface area contributed by atoms with Gasteiger partial charge in [-0.05, 0) is 511 Å². The molecule has 6 aliphatic rings. The highest BCUT2D eigenvalue weighted by atomic mass is 32.2. The summed E-state index contributed by atoms with van der Waals surface area (Å²) in [6, 6.07) is 20.1. The van der Waals surface area contributed by atoms with Gasteiger partial charge >= 0.3 is 0 Å². The fourth-order valence-corrected chi connectivity index (χ4v) is 24.7. The Morgan fingerprint density at radius 1 is 0.234 bits per heavy atom. The van der Waals surface area contributed by atoms with E-state index in [1.54, 1.807) is 11.8 Å². The van der Waals surface area contributed by atoms with Crippen molar-refractivity contribution in [3.05, 3.63) is 325 Å². The summed E-state index contributed by atoms with van der Waals surface area (Å²) in [4.78, 5) is 3.84. The highest BCUT2D eigenvalue weighted by Gasteiger charge is 2.51. The summed E-state index contributed by atoms with van der Waals surface area (Å²) in [5.74, 6) is 0. The van der Waals surface area contributed by atoms with Crippen molar-refractivity contribution in [1.82, 2.24) is 0 Å². The van der Waals surface area contributed by atoms with Gasteiger partial charge in [0, 0.05) is 25.9 Å². The van der Waals surface area contributed by atoms with Gasteiger partial charge in [0.2, 0.25) is 0 Å². The number of benzene rings is 9. The fraction of sp³-hybridized carbons (Fsp3) is 0.314. The lowest BCUT2D eigenvalue weighted by atomic mass is 9.62. The lowest BCUT2D eigenvalue weighted by molar-refractivity contribution is 0.604. The number of thioether (sulfide) groups is 3. The average molecular weight is 1510 g/mol. The normalized spacial score (nSPS) is 15.7. The SMILES string of the molecule is CC1=C(C)c2c(C)c(C)c(C)c(C)c2C2(C=CSc3c2ccc2ccoc32)c2c(C)c(C)c(C)c(C)c21.CC1=C(C)c2c(C)c(C)c(C)c(C)c2C2(C=CSc3c2ccc2occc32)c2c(C)c(C)c(C)c(C)c21.CC1=C(C)c2c(C)c(C)c(C)c(C)c2C2(C=CSc3cc4occc4cc32)c2c(C)c(C)c(C)c(C)c21. The molecule has 3 aliphatic carbocycles. The molecule has 9 aromatic carbocycles. The van der Waals surface area contributed by atoms with Crippen molar-refractivity contribution in [2.45, 2.75) is 239 Å². The van der Waals surface area contributed by atoms with Gasteiger partial charge in [0.1, 0.15) is 16.7 Å². The molecule has 3 nitrogen and oxygen atoms in total. The second kappa shape index (κ2) is 26.6. The van der Waals surface area contributed by atoms with E-state index in [2.05, 4.69) is 297 Å². The summed E-state index contributed by atoms with van der Waals surface area (Å²) in [5.41, 5.74) is 65.1. The van der Waals surface area contributed by atoms with E-state index in [1.165, 1.54) is 276 Å². The molecule has 6 heterocycles. The maximum Gasteiger partial charge on any atom is 0.148 e. The Bertz CT molecular complexity index is 5720. The van der Waals surface area contributed by atoms with Crippen LogP contribution in [0, 0.1) is 166 Å². The first-order valence-corrected chi connectivity index (χ1v) is 42.5. The van der Waals surface area contributed by atoms with E-state index in [1.807, 2.05) is 42.3 Å². The van der Waals surface area contributed by atoms with Crippen LogP contribution in [0.15, 0.2) is 136 Å². The average Bonchev–Trinajstić information content (AvgIpc) is 1.64. The Balaban J connectivity index is 0.000000126. The number of hydrogen-bond acceptors (Lipinski definition) is 6. The lowest BCUT2D eigenvalue weighted by Gasteiger charge is -2.42. The van der Waals surface area contributed by atoms with Crippen LogP contribution >= 0.6 is 35.3 Å². The largest absolute Gasteiger partial charge is 0.464 e. The van der Waals surface area contributed by atoms with Crippen LogP contribution in [0.3, 0.4) is 0 Å². The molecule has 3 aromatic heterocycles. The van der Waals surface area contributed by atoms with Gasteiger partial charge in [0.25, 0.3) is 0 Å². The fourth-order valence-electron chi connectivity index (χ4n) is 21.6. The maximum atomic E-state index is 6.13. The van der Waals surface area contributed by atoms with Crippen LogP contribution in [0.5, 0.6) is 0 Å². The topological polar surface area (TPSA) is 39.4 Å². The monoisotopic (exact) mass is 1510 g/mol. The van der Waals surface area contributed by atoms with Gasteiger partial charge in [0.05, 0.1) is 39.9 Å². The van der Waals surface area contributed by atoms with Crippen molar-refractivity contribution in [2.75, 3.05) is 0 Å². The zero-order valence-corrected chi connectivity index (χ0v) is 73.8. The molecule has 3 aliphatic heterocycles. The van der Waals surface area contributed by atoms with Gasteiger partial charge in [-0.15, -0.1) is 0 Å². The highest BCUT2D eigenvalue weighted by molar-refractivity contribution is 8.02. The zero-order valence-electron chi connectivity index (χ0n) is 71.3. The summed E-state index contributed by atoms with van der Waals surface area (Å²) in [5, 5.41) is 10.5. The first-order chi connectivity index (χ1) is 52.6. The Labute approximate surface area is 673 Å². The molecule has 0 amide bonds. The molecule has 0 atom stereocenters. The van der Waals surface area contributed by atoms with Crippen LogP contribution in [-0.4, -0.2) is 0 Å². The molecule has 18 rings (SSSR count). The predicted molar refractivity (Wildman–Crippen MR) is 480 cm³/mol. The van der Waals surface area contributed by atoms with Gasteiger partial charge in [-0.2, -0.15) is 0 Å². The van der Waals surface area contributed by atoms with E-state index in [4.69, 9.17) is 13.3 Å². The van der Waals surface area contributed by atoms with Crippen molar-refractivity contribution in [3.8, 4) is 0 Å². The third-order valence-corrected chi connectivity index (χ3v) is 32.7. The molecule has 564 valence electrons. The standard InChI is InChI=1S/3C35H36OS/c1-17-19(3)25(9)33-31(21(17)5)23(7)24(8)32-22(6)18(2)20(4)26(10)34(32)35(33)12-14-37-30-16-29-27(11-13-36-29)15-28(30)35;1-17-19(3)25(9)32-30(21(17)5)23(7)24(8)31-22(6)18(2)20(4)26(10)33(31)35(32)14-16-37-34-27-13-15-36-29(27)12-11-28(34)35;1-17-19(3)25(9)31-29(21(17)5)23(7)24(8)30-22(6)18(2)20(4)26(10)32(30)35(31)14-16-37-34-28(35)12-11-27-13-15-36-33(27)34/h3*11-16H,1-10H3. The number of furan rings is 3. The second-order valence-corrected chi connectivity index (χ2v) is 36.6. The first kappa shape index (κ1) is 76.1. The molecule has 0 saturated carbocycles. The van der Waals surface area contributed by atoms with Crippen molar-refractivity contribution in [3.63, 3.8) is 0 Å². The number of allylic oxidation sites excluding steroid dienone is 9. The minimum Gasteiger partial charge on any atom is -0.464 e. The van der Waals surface area contributed by atoms with Crippen LogP contribution in [0.1, 0.15) is 259 Å². The molecule has 0 fully saturated rings. The first-order valence-electron chi connectivity index (χ1n) is 39.8. The van der Waals surface area contributed by atoms with Crippen molar-refractivity contribution in [2.24, 2.45) is 0 Å². The van der Waals surface area contributed by atoms with Crippen LogP contribution in [-0.2, 0) is 16.2 Å². The van der Waals surface area contributed by atoms with E-state index in [9.17, 15) is 0 Å². The van der Waals surface area contributed by atoms with Crippen LogP contribution < -0.4 is 0 Å². The van der Waals surface area contributed by atoms with Crippen LogP contribution in [0.25, 0.3) is 66.3 Å². The second-order valence-electron chi connectivity index (χ2n) is 33.8. The van der Waals surface area contributed by atoms with Gasteiger partial charge in [-0.25, -0.2) is 0 Å². The smallest absolute Gasteiger partial charge is 0.148 e. The predicted octanol–water partition coefficient (Wildman–Crippen LogP) is 30.4. The molecule has 111 heavy (non-hydrogen) atoms. The highest BCUT2D eigenvalue weighted by Crippen LogP contribution is 2.64. The third-order valence-electron chi connectivity index (χ3n) is 29.9. The quantitative estimate of drug-likeness (QED) is 0.151. The Hall–Kier alpha value is -8.91. The molecule has 0 saturated heterocycles. The molecule has 0 unspecified atom stereocenters. The molecule has 0 bridgehead atoms. The van der Waals surface area contributed by atoms with Crippen molar-refractivity contribution >= 4 is 102 Å². The summed E-state index contributed by atoms with van der Waals surface area (Å²) < 4.78 is 17.9. The summed E-state index contributed by atoms with van der Waals surface area (Å²) in [6.07, 6.45) is 13.0. The molecular weight excluding hydrogens is 1410 g/mol. The van der Waals surface area contributed by atoms with E-state index >= 15 is 0 Å². The van der Waals surface area contributed by atoms with Crippen LogP contribution in [0.4, 0.5) is 0 Å². The minimum atomic E-state index is -0.411.